The lowest BCUT2D eigenvalue weighted by atomic mass is 10.0. The summed E-state index contributed by atoms with van der Waals surface area (Å²) >= 11 is 7.20. The summed E-state index contributed by atoms with van der Waals surface area (Å²) in [6, 6.07) is 3.65. The number of halogens is 1. The van der Waals surface area contributed by atoms with Gasteiger partial charge in [0.25, 0.3) is 0 Å². The van der Waals surface area contributed by atoms with E-state index >= 15 is 0 Å². The summed E-state index contributed by atoms with van der Waals surface area (Å²) in [4.78, 5) is 12.5. The van der Waals surface area contributed by atoms with Gasteiger partial charge in [0.15, 0.2) is 0 Å². The van der Waals surface area contributed by atoms with Crippen LogP contribution in [0.5, 0.6) is 0 Å². The van der Waals surface area contributed by atoms with Crippen molar-refractivity contribution >= 4 is 34.9 Å². The number of aliphatic hydroxyl groups excluding tert-OH is 1. The van der Waals surface area contributed by atoms with Gasteiger partial charge in [0.2, 0.25) is 5.91 Å². The van der Waals surface area contributed by atoms with E-state index in [4.69, 9.17) is 16.7 Å². The second-order valence-electron chi connectivity index (χ2n) is 4.32. The Morgan fingerprint density at radius 2 is 2.29 bits per heavy atom. The number of hydrogen-bond acceptors (Lipinski definition) is 3. The maximum absolute atomic E-state index is 11.6. The van der Waals surface area contributed by atoms with Crippen molar-refractivity contribution in [3.63, 3.8) is 0 Å². The molecule has 5 heteroatoms. The third kappa shape index (κ3) is 5.35. The second kappa shape index (κ2) is 6.19. The predicted octanol–water partition coefficient (Wildman–Crippen LogP) is 2.69. The molecule has 0 unspecified atom stereocenters. The zero-order valence-corrected chi connectivity index (χ0v) is 11.4. The quantitative estimate of drug-likeness (QED) is 0.811. The van der Waals surface area contributed by atoms with Crippen LogP contribution in [0.25, 0.3) is 6.08 Å². The van der Waals surface area contributed by atoms with Crippen molar-refractivity contribution in [1.82, 2.24) is 5.32 Å². The zero-order chi connectivity index (χ0) is 12.9. The fourth-order valence-corrected chi connectivity index (χ4v) is 2.26. The highest BCUT2D eigenvalue weighted by Crippen LogP contribution is 2.22. The standard InChI is InChI=1S/C12H16ClNO2S/c1-12(2,7-8-15)14-11(16)6-4-9-3-5-10(13)17-9/h3-6,15H,7-8H2,1-2H3,(H,14,16)/b6-4+. The van der Waals surface area contributed by atoms with Crippen LogP contribution in [-0.4, -0.2) is 23.2 Å². The van der Waals surface area contributed by atoms with Gasteiger partial charge >= 0.3 is 0 Å². The van der Waals surface area contributed by atoms with E-state index in [1.165, 1.54) is 17.4 Å². The summed E-state index contributed by atoms with van der Waals surface area (Å²) < 4.78 is 0.700. The number of aliphatic hydroxyl groups is 1. The number of nitrogens with one attached hydrogen (secondary N) is 1. The average Bonchev–Trinajstić information content (AvgIpc) is 2.60. The molecule has 3 nitrogen and oxygen atoms in total. The van der Waals surface area contributed by atoms with Gasteiger partial charge in [-0.05, 0) is 38.5 Å². The van der Waals surface area contributed by atoms with Gasteiger partial charge in [0, 0.05) is 23.1 Å². The van der Waals surface area contributed by atoms with Crippen molar-refractivity contribution in [2.24, 2.45) is 0 Å². The van der Waals surface area contributed by atoms with Crippen LogP contribution in [0.4, 0.5) is 0 Å². The lowest BCUT2D eigenvalue weighted by Crippen LogP contribution is -2.43. The Morgan fingerprint density at radius 1 is 1.59 bits per heavy atom. The van der Waals surface area contributed by atoms with Crippen LogP contribution in [0, 0.1) is 0 Å². The molecule has 0 atom stereocenters. The molecule has 17 heavy (non-hydrogen) atoms. The third-order valence-electron chi connectivity index (χ3n) is 2.19. The fourth-order valence-electron chi connectivity index (χ4n) is 1.29. The second-order valence-corrected chi connectivity index (χ2v) is 6.07. The molecule has 1 rings (SSSR count). The Labute approximate surface area is 110 Å². The Kier molecular flexibility index (Phi) is 5.18. The number of hydrogen-bond donors (Lipinski definition) is 2. The first kappa shape index (κ1) is 14.2. The molecule has 0 aliphatic heterocycles. The molecule has 1 aromatic rings. The third-order valence-corrected chi connectivity index (χ3v) is 3.39. The van der Waals surface area contributed by atoms with Crippen LogP contribution in [0.1, 0.15) is 25.1 Å². The molecule has 1 amide bonds. The highest BCUT2D eigenvalue weighted by atomic mass is 35.5. The minimum absolute atomic E-state index is 0.0531. The van der Waals surface area contributed by atoms with Crippen molar-refractivity contribution < 1.29 is 9.90 Å². The van der Waals surface area contributed by atoms with E-state index in [-0.39, 0.29) is 12.5 Å². The molecule has 0 spiro atoms. The van der Waals surface area contributed by atoms with E-state index in [2.05, 4.69) is 5.32 Å². The van der Waals surface area contributed by atoms with Crippen molar-refractivity contribution in [1.29, 1.82) is 0 Å². The minimum atomic E-state index is -0.400. The Bertz CT molecular complexity index is 412. The molecular formula is C12H16ClNO2S. The first-order valence-electron chi connectivity index (χ1n) is 5.29. The van der Waals surface area contributed by atoms with E-state index < -0.39 is 5.54 Å². The summed E-state index contributed by atoms with van der Waals surface area (Å²) in [5.74, 6) is -0.173. The van der Waals surface area contributed by atoms with Crippen LogP contribution in [0.3, 0.4) is 0 Å². The Hall–Kier alpha value is -0.840. The van der Waals surface area contributed by atoms with Gasteiger partial charge in [-0.1, -0.05) is 11.6 Å². The van der Waals surface area contributed by atoms with Crippen molar-refractivity contribution in [3.05, 3.63) is 27.4 Å². The molecule has 0 bridgehead atoms. The highest BCUT2D eigenvalue weighted by Gasteiger charge is 2.18. The topological polar surface area (TPSA) is 49.3 Å². The van der Waals surface area contributed by atoms with Crippen molar-refractivity contribution in [3.8, 4) is 0 Å². The molecule has 0 aliphatic rings. The Morgan fingerprint density at radius 3 is 2.82 bits per heavy atom. The summed E-state index contributed by atoms with van der Waals surface area (Å²) in [6.07, 6.45) is 3.72. The minimum Gasteiger partial charge on any atom is -0.396 e. The van der Waals surface area contributed by atoms with E-state index in [0.29, 0.717) is 10.8 Å². The molecular weight excluding hydrogens is 258 g/mol. The van der Waals surface area contributed by atoms with Gasteiger partial charge in [-0.3, -0.25) is 4.79 Å². The normalized spacial score (nSPS) is 12.0. The van der Waals surface area contributed by atoms with Crippen LogP contribution in [-0.2, 0) is 4.79 Å². The van der Waals surface area contributed by atoms with Gasteiger partial charge in [-0.15, -0.1) is 11.3 Å². The van der Waals surface area contributed by atoms with Gasteiger partial charge < -0.3 is 10.4 Å². The van der Waals surface area contributed by atoms with Crippen LogP contribution < -0.4 is 5.32 Å². The fraction of sp³-hybridized carbons (Fsp3) is 0.417. The summed E-state index contributed by atoms with van der Waals surface area (Å²) in [6.45, 7) is 3.80. The van der Waals surface area contributed by atoms with Crippen LogP contribution in [0.2, 0.25) is 4.34 Å². The van der Waals surface area contributed by atoms with Crippen molar-refractivity contribution in [2.45, 2.75) is 25.8 Å². The lowest BCUT2D eigenvalue weighted by molar-refractivity contribution is -0.118. The molecule has 94 valence electrons. The smallest absolute Gasteiger partial charge is 0.244 e. The first-order chi connectivity index (χ1) is 7.93. The SMILES string of the molecule is CC(C)(CCO)NC(=O)/C=C/c1ccc(Cl)s1. The van der Waals surface area contributed by atoms with Crippen LogP contribution in [0.15, 0.2) is 18.2 Å². The van der Waals surface area contributed by atoms with Gasteiger partial charge in [-0.2, -0.15) is 0 Å². The molecule has 1 aromatic heterocycles. The summed E-state index contributed by atoms with van der Waals surface area (Å²) in [7, 11) is 0. The summed E-state index contributed by atoms with van der Waals surface area (Å²) in [5, 5.41) is 11.7. The average molecular weight is 274 g/mol. The molecule has 0 saturated heterocycles. The maximum Gasteiger partial charge on any atom is 0.244 e. The van der Waals surface area contributed by atoms with E-state index in [9.17, 15) is 4.79 Å². The molecule has 0 radical (unpaired) electrons. The number of amides is 1. The number of carbonyl (C=O) groups excluding carboxylic acids is 1. The number of thiophene rings is 1. The van der Waals surface area contributed by atoms with E-state index in [0.717, 1.165) is 4.88 Å². The number of rotatable bonds is 5. The van der Waals surface area contributed by atoms with Crippen molar-refractivity contribution in [2.75, 3.05) is 6.61 Å². The number of carbonyl (C=O) groups is 1. The van der Waals surface area contributed by atoms with E-state index in [1.54, 1.807) is 12.1 Å². The summed E-state index contributed by atoms with van der Waals surface area (Å²) in [5.41, 5.74) is -0.400. The molecule has 1 heterocycles. The first-order valence-corrected chi connectivity index (χ1v) is 6.49. The zero-order valence-electron chi connectivity index (χ0n) is 9.87. The van der Waals surface area contributed by atoms with Crippen LogP contribution >= 0.6 is 22.9 Å². The highest BCUT2D eigenvalue weighted by molar-refractivity contribution is 7.17. The molecule has 0 aliphatic carbocycles. The molecule has 0 saturated carbocycles. The maximum atomic E-state index is 11.6. The molecule has 0 aromatic carbocycles. The lowest BCUT2D eigenvalue weighted by Gasteiger charge is -2.24. The molecule has 0 fully saturated rings. The van der Waals surface area contributed by atoms with Gasteiger partial charge in [0.1, 0.15) is 0 Å². The van der Waals surface area contributed by atoms with E-state index in [1.807, 2.05) is 19.9 Å². The molecule has 2 N–H and O–H groups in total. The monoisotopic (exact) mass is 273 g/mol. The largest absolute Gasteiger partial charge is 0.396 e. The van der Waals surface area contributed by atoms with Gasteiger partial charge in [-0.25, -0.2) is 0 Å². The Balaban J connectivity index is 2.52. The predicted molar refractivity (Wildman–Crippen MR) is 72.3 cm³/mol. The van der Waals surface area contributed by atoms with Gasteiger partial charge in [0.05, 0.1) is 4.34 Å².